The largest absolute Gasteiger partial charge is 0.0969 e. The van der Waals surface area contributed by atoms with E-state index in [1.54, 1.807) is 0 Å². The van der Waals surface area contributed by atoms with Gasteiger partial charge in [-0.3, -0.25) is 0 Å². The van der Waals surface area contributed by atoms with Gasteiger partial charge in [-0.25, -0.2) is 0 Å². The minimum atomic E-state index is -0.921. The zero-order valence-electron chi connectivity index (χ0n) is 7.18. The minimum absolute atomic E-state index is 0.443. The second kappa shape index (κ2) is 2.60. The average molecular weight is 176 g/mol. The maximum absolute atomic E-state index is 5.72. The summed E-state index contributed by atoms with van der Waals surface area (Å²) in [6.07, 6.45) is 5.53. The lowest BCUT2D eigenvalue weighted by Gasteiger charge is -2.31. The fourth-order valence-corrected chi connectivity index (χ4v) is 5.33. The fraction of sp³-hybridized carbons (Fsp3) is 1.00. The van der Waals surface area contributed by atoms with Crippen LogP contribution < -0.4 is 0 Å². The SMILES string of the molecule is CC(C)(C)P1(=S)CCCC1. The van der Waals surface area contributed by atoms with E-state index in [2.05, 4.69) is 20.8 Å². The van der Waals surface area contributed by atoms with E-state index in [4.69, 9.17) is 11.8 Å². The van der Waals surface area contributed by atoms with Crippen LogP contribution in [0.5, 0.6) is 0 Å². The summed E-state index contributed by atoms with van der Waals surface area (Å²) in [4.78, 5) is 0. The second-order valence-corrected chi connectivity index (χ2v) is 10.3. The Balaban J connectivity index is 2.78. The smallest absolute Gasteiger partial charge is 0.00889 e. The highest BCUT2D eigenvalue weighted by Crippen LogP contribution is 2.62. The van der Waals surface area contributed by atoms with E-state index in [-0.39, 0.29) is 0 Å². The molecule has 0 aromatic rings. The first-order chi connectivity index (χ1) is 4.46. The second-order valence-electron chi connectivity index (χ2n) is 4.21. The van der Waals surface area contributed by atoms with Gasteiger partial charge in [-0.15, -0.1) is 0 Å². The van der Waals surface area contributed by atoms with E-state index in [0.29, 0.717) is 5.16 Å². The summed E-state index contributed by atoms with van der Waals surface area (Å²) in [6.45, 7) is 6.96. The van der Waals surface area contributed by atoms with Crippen LogP contribution in [-0.2, 0) is 11.8 Å². The van der Waals surface area contributed by atoms with Gasteiger partial charge in [-0.2, -0.15) is 0 Å². The predicted octanol–water partition coefficient (Wildman–Crippen LogP) is 3.06. The van der Waals surface area contributed by atoms with Crippen molar-refractivity contribution in [3.63, 3.8) is 0 Å². The van der Waals surface area contributed by atoms with Crippen LogP contribution in [0.3, 0.4) is 0 Å². The molecule has 0 amide bonds. The third-order valence-electron chi connectivity index (χ3n) is 2.51. The summed E-state index contributed by atoms with van der Waals surface area (Å²) in [5.41, 5.74) is 0. The van der Waals surface area contributed by atoms with Gasteiger partial charge in [0.2, 0.25) is 0 Å². The summed E-state index contributed by atoms with van der Waals surface area (Å²) in [7, 11) is 0. The Kier molecular flexibility index (Phi) is 2.28. The van der Waals surface area contributed by atoms with Crippen LogP contribution in [0.15, 0.2) is 0 Å². The van der Waals surface area contributed by atoms with Crippen molar-refractivity contribution in [1.29, 1.82) is 0 Å². The Morgan fingerprint density at radius 1 is 1.10 bits per heavy atom. The van der Waals surface area contributed by atoms with Gasteiger partial charge in [0.1, 0.15) is 0 Å². The molecule has 1 heterocycles. The molecule has 10 heavy (non-hydrogen) atoms. The van der Waals surface area contributed by atoms with Crippen LogP contribution in [0.2, 0.25) is 0 Å². The molecule has 0 N–H and O–H groups in total. The summed E-state index contributed by atoms with van der Waals surface area (Å²) in [6, 6.07) is -0.921. The van der Waals surface area contributed by atoms with Crippen LogP contribution in [0.1, 0.15) is 33.6 Å². The van der Waals surface area contributed by atoms with Gasteiger partial charge < -0.3 is 0 Å². The van der Waals surface area contributed by atoms with Crippen molar-refractivity contribution >= 4 is 17.8 Å². The van der Waals surface area contributed by atoms with Crippen molar-refractivity contribution < 1.29 is 0 Å². The van der Waals surface area contributed by atoms with Gasteiger partial charge >= 0.3 is 0 Å². The van der Waals surface area contributed by atoms with Gasteiger partial charge in [0.15, 0.2) is 0 Å². The fourth-order valence-electron chi connectivity index (χ4n) is 1.52. The Morgan fingerprint density at radius 3 is 1.70 bits per heavy atom. The van der Waals surface area contributed by atoms with Crippen molar-refractivity contribution in [3.05, 3.63) is 0 Å². The number of hydrogen-bond acceptors (Lipinski definition) is 1. The topological polar surface area (TPSA) is 0 Å². The summed E-state index contributed by atoms with van der Waals surface area (Å²) in [5, 5.41) is 0.443. The Hall–Kier alpha value is 0.650. The van der Waals surface area contributed by atoms with Crippen molar-refractivity contribution in [3.8, 4) is 0 Å². The van der Waals surface area contributed by atoms with E-state index in [1.807, 2.05) is 0 Å². The molecule has 1 rings (SSSR count). The summed E-state index contributed by atoms with van der Waals surface area (Å²) < 4.78 is 0. The Bertz CT molecular complexity index is 157. The lowest BCUT2D eigenvalue weighted by Crippen LogP contribution is -2.15. The first-order valence-electron chi connectivity index (χ1n) is 4.04. The van der Waals surface area contributed by atoms with Crippen molar-refractivity contribution in [1.82, 2.24) is 0 Å². The molecule has 0 radical (unpaired) electrons. The van der Waals surface area contributed by atoms with E-state index in [0.717, 1.165) is 0 Å². The molecule has 1 fully saturated rings. The monoisotopic (exact) mass is 176 g/mol. The molecule has 0 aromatic carbocycles. The van der Waals surface area contributed by atoms with Crippen molar-refractivity contribution in [2.75, 3.05) is 12.3 Å². The Morgan fingerprint density at radius 2 is 1.50 bits per heavy atom. The van der Waals surface area contributed by atoms with Gasteiger partial charge in [0, 0.05) is 0 Å². The molecule has 0 saturated carbocycles. The molecular formula is C8H17PS. The molecule has 0 spiro atoms. The van der Waals surface area contributed by atoms with E-state index in [9.17, 15) is 0 Å². The quantitative estimate of drug-likeness (QED) is 0.511. The van der Waals surface area contributed by atoms with Crippen LogP contribution in [0.25, 0.3) is 0 Å². The van der Waals surface area contributed by atoms with Crippen molar-refractivity contribution in [2.24, 2.45) is 0 Å². The summed E-state index contributed by atoms with van der Waals surface area (Å²) >= 11 is 5.72. The Labute approximate surface area is 69.4 Å². The van der Waals surface area contributed by atoms with Gasteiger partial charge in [-0.05, 0) is 36.4 Å². The maximum atomic E-state index is 5.72. The molecule has 0 atom stereocenters. The summed E-state index contributed by atoms with van der Waals surface area (Å²) in [5.74, 6) is 0. The van der Waals surface area contributed by atoms with Crippen LogP contribution >= 0.6 is 6.04 Å². The average Bonchev–Trinajstić information content (AvgIpc) is 2.13. The lowest BCUT2D eigenvalue weighted by molar-refractivity contribution is 0.782. The molecule has 2 heteroatoms. The molecule has 0 bridgehead atoms. The van der Waals surface area contributed by atoms with Gasteiger partial charge in [0.05, 0.1) is 0 Å². The zero-order valence-corrected chi connectivity index (χ0v) is 8.89. The number of hydrogen-bond donors (Lipinski definition) is 0. The third kappa shape index (κ3) is 1.46. The molecule has 1 aliphatic heterocycles. The first-order valence-corrected chi connectivity index (χ1v) is 7.21. The normalized spacial score (nSPS) is 25.1. The number of rotatable bonds is 0. The highest BCUT2D eigenvalue weighted by atomic mass is 32.4. The van der Waals surface area contributed by atoms with Crippen molar-refractivity contribution in [2.45, 2.75) is 38.8 Å². The molecule has 60 valence electrons. The third-order valence-corrected chi connectivity index (χ3v) is 9.77. The first kappa shape index (κ1) is 8.74. The van der Waals surface area contributed by atoms with E-state index in [1.165, 1.54) is 25.2 Å². The predicted molar refractivity (Wildman–Crippen MR) is 53.0 cm³/mol. The molecule has 1 saturated heterocycles. The molecule has 0 unspecified atom stereocenters. The van der Waals surface area contributed by atoms with Gasteiger partial charge in [0.25, 0.3) is 0 Å². The molecule has 0 aromatic heterocycles. The molecule has 0 aliphatic carbocycles. The van der Waals surface area contributed by atoms with Crippen LogP contribution in [0, 0.1) is 0 Å². The van der Waals surface area contributed by atoms with E-state index >= 15 is 0 Å². The minimum Gasteiger partial charge on any atom is -0.0969 e. The molecule has 1 aliphatic rings. The molecular weight excluding hydrogens is 159 g/mol. The zero-order chi connectivity index (χ0) is 7.83. The lowest BCUT2D eigenvalue weighted by atomic mass is 10.3. The highest BCUT2D eigenvalue weighted by Gasteiger charge is 2.33. The van der Waals surface area contributed by atoms with Gasteiger partial charge in [-0.1, -0.05) is 32.6 Å². The van der Waals surface area contributed by atoms with E-state index < -0.39 is 6.04 Å². The maximum Gasteiger partial charge on any atom is -0.00889 e. The standard InChI is InChI=1S/C8H17PS/c1-8(2,3)9(10)6-4-5-7-9/h4-7H2,1-3H3. The highest BCUT2D eigenvalue weighted by molar-refractivity contribution is 8.15. The molecule has 0 nitrogen and oxygen atoms in total. The van der Waals surface area contributed by atoms with Crippen LogP contribution in [-0.4, -0.2) is 17.5 Å². The van der Waals surface area contributed by atoms with Crippen LogP contribution in [0.4, 0.5) is 0 Å².